The van der Waals surface area contributed by atoms with E-state index in [9.17, 15) is 9.59 Å². The highest BCUT2D eigenvalue weighted by atomic mass is 79.9. The summed E-state index contributed by atoms with van der Waals surface area (Å²) >= 11 is 9.31. The van der Waals surface area contributed by atoms with Gasteiger partial charge in [0.25, 0.3) is 0 Å². The Morgan fingerprint density at radius 2 is 2.19 bits per heavy atom. The molecule has 1 heterocycles. The number of carboxylic acid groups (broad SMARTS) is 1. The standard InChI is InChI=1S/C13H14BrClN2O3.ClH/c14-9-1-2-11(10(15)5-9)16-12(18)7-17-4-3-8(6-17)13(19)20;/h1-2,5,8H,3-4,6-7H2,(H,16,18)(H,19,20);1H. The Labute approximate surface area is 142 Å². The van der Waals surface area contributed by atoms with Gasteiger partial charge in [-0.15, -0.1) is 12.4 Å². The average Bonchev–Trinajstić information content (AvgIpc) is 2.81. The maximum absolute atomic E-state index is 11.9. The Bertz CT molecular complexity index is 542. The molecule has 8 heteroatoms. The van der Waals surface area contributed by atoms with E-state index in [4.69, 9.17) is 16.7 Å². The van der Waals surface area contributed by atoms with Gasteiger partial charge in [0.05, 0.1) is 23.2 Å². The fourth-order valence-corrected chi connectivity index (χ4v) is 2.88. The Morgan fingerprint density at radius 3 is 2.76 bits per heavy atom. The second-order valence-corrected chi connectivity index (χ2v) is 6.05. The van der Waals surface area contributed by atoms with E-state index in [0.29, 0.717) is 30.2 Å². The molecule has 1 amide bonds. The number of halogens is 3. The molecule has 0 bridgehead atoms. The first-order valence-corrected chi connectivity index (χ1v) is 7.33. The molecule has 0 aromatic heterocycles. The number of carboxylic acids is 1. The van der Waals surface area contributed by atoms with Crippen molar-refractivity contribution in [3.05, 3.63) is 27.7 Å². The molecule has 1 aliphatic heterocycles. The maximum Gasteiger partial charge on any atom is 0.307 e. The highest BCUT2D eigenvalue weighted by Gasteiger charge is 2.28. The molecule has 0 aliphatic carbocycles. The summed E-state index contributed by atoms with van der Waals surface area (Å²) in [5, 5.41) is 12.1. The second-order valence-electron chi connectivity index (χ2n) is 4.73. The highest BCUT2D eigenvalue weighted by molar-refractivity contribution is 9.10. The van der Waals surface area contributed by atoms with Crippen LogP contribution in [0.15, 0.2) is 22.7 Å². The lowest BCUT2D eigenvalue weighted by atomic mass is 10.1. The predicted octanol–water partition coefficient (Wildman–Crippen LogP) is 2.87. The molecule has 1 aromatic carbocycles. The second kappa shape index (κ2) is 7.98. The van der Waals surface area contributed by atoms with Crippen molar-refractivity contribution in [1.82, 2.24) is 4.90 Å². The van der Waals surface area contributed by atoms with E-state index in [0.717, 1.165) is 4.47 Å². The van der Waals surface area contributed by atoms with E-state index in [1.807, 2.05) is 4.90 Å². The van der Waals surface area contributed by atoms with Gasteiger partial charge in [-0.3, -0.25) is 14.5 Å². The van der Waals surface area contributed by atoms with Crippen LogP contribution in [-0.4, -0.2) is 41.5 Å². The number of benzene rings is 1. The lowest BCUT2D eigenvalue weighted by Gasteiger charge is -2.15. The summed E-state index contributed by atoms with van der Waals surface area (Å²) in [6.45, 7) is 1.21. The molecule has 21 heavy (non-hydrogen) atoms. The summed E-state index contributed by atoms with van der Waals surface area (Å²) in [7, 11) is 0. The minimum atomic E-state index is -0.802. The van der Waals surface area contributed by atoms with Crippen molar-refractivity contribution in [3.8, 4) is 0 Å². The van der Waals surface area contributed by atoms with Crippen molar-refractivity contribution in [3.63, 3.8) is 0 Å². The molecule has 2 rings (SSSR count). The van der Waals surface area contributed by atoms with Crippen molar-refractivity contribution >= 4 is 57.5 Å². The summed E-state index contributed by atoms with van der Waals surface area (Å²) in [5.74, 6) is -1.37. The van der Waals surface area contributed by atoms with Gasteiger partial charge in [0.15, 0.2) is 0 Å². The van der Waals surface area contributed by atoms with Crippen LogP contribution in [-0.2, 0) is 9.59 Å². The van der Waals surface area contributed by atoms with Crippen molar-refractivity contribution in [1.29, 1.82) is 0 Å². The Kier molecular flexibility index (Phi) is 6.93. The third kappa shape index (κ3) is 5.14. The molecule has 2 N–H and O–H groups in total. The van der Waals surface area contributed by atoms with Gasteiger partial charge in [0.1, 0.15) is 0 Å². The molecule has 1 fully saturated rings. The molecule has 5 nitrogen and oxygen atoms in total. The van der Waals surface area contributed by atoms with Gasteiger partial charge in [0, 0.05) is 11.0 Å². The molecule has 1 aromatic rings. The molecule has 0 saturated carbocycles. The molecule has 1 unspecified atom stereocenters. The smallest absolute Gasteiger partial charge is 0.307 e. The zero-order valence-corrected chi connectivity index (χ0v) is 14.2. The van der Waals surface area contributed by atoms with Crippen molar-refractivity contribution in [2.75, 3.05) is 25.0 Å². The van der Waals surface area contributed by atoms with E-state index in [1.165, 1.54) is 0 Å². The zero-order chi connectivity index (χ0) is 14.7. The number of likely N-dealkylation sites (tertiary alicyclic amines) is 1. The number of hydrogen-bond donors (Lipinski definition) is 2. The average molecular weight is 398 g/mol. The minimum Gasteiger partial charge on any atom is -0.481 e. The lowest BCUT2D eigenvalue weighted by molar-refractivity contribution is -0.141. The van der Waals surface area contributed by atoms with Gasteiger partial charge < -0.3 is 10.4 Å². The Hall–Kier alpha value is -0.820. The van der Waals surface area contributed by atoms with Crippen LogP contribution in [0.3, 0.4) is 0 Å². The summed E-state index contributed by atoms with van der Waals surface area (Å²) < 4.78 is 0.837. The number of rotatable bonds is 4. The Balaban J connectivity index is 0.00000220. The summed E-state index contributed by atoms with van der Waals surface area (Å²) in [5.41, 5.74) is 0.550. The molecule has 1 atom stereocenters. The van der Waals surface area contributed by atoms with Crippen LogP contribution in [0.2, 0.25) is 5.02 Å². The minimum absolute atomic E-state index is 0. The maximum atomic E-state index is 11.9. The van der Waals surface area contributed by atoms with Gasteiger partial charge in [-0.2, -0.15) is 0 Å². The number of amides is 1. The molecular formula is C13H15BrCl2N2O3. The molecule has 0 radical (unpaired) electrons. The number of anilines is 1. The largest absolute Gasteiger partial charge is 0.481 e. The molecule has 1 saturated heterocycles. The first-order chi connectivity index (χ1) is 9.45. The fourth-order valence-electron chi connectivity index (χ4n) is 2.16. The highest BCUT2D eigenvalue weighted by Crippen LogP contribution is 2.25. The van der Waals surface area contributed by atoms with Crippen LogP contribution in [0.4, 0.5) is 5.69 Å². The number of aliphatic carboxylic acids is 1. The number of hydrogen-bond acceptors (Lipinski definition) is 3. The van der Waals surface area contributed by atoms with Gasteiger partial charge in [-0.1, -0.05) is 27.5 Å². The third-order valence-electron chi connectivity index (χ3n) is 3.19. The van der Waals surface area contributed by atoms with Crippen LogP contribution in [0.5, 0.6) is 0 Å². The fraction of sp³-hybridized carbons (Fsp3) is 0.385. The summed E-state index contributed by atoms with van der Waals surface area (Å²) in [6, 6.07) is 5.21. The van der Waals surface area contributed by atoms with E-state index in [2.05, 4.69) is 21.2 Å². The topological polar surface area (TPSA) is 69.6 Å². The zero-order valence-electron chi connectivity index (χ0n) is 11.0. The first kappa shape index (κ1) is 18.2. The van der Waals surface area contributed by atoms with Crippen molar-refractivity contribution in [2.45, 2.75) is 6.42 Å². The quantitative estimate of drug-likeness (QED) is 0.819. The van der Waals surface area contributed by atoms with Crippen molar-refractivity contribution < 1.29 is 14.7 Å². The molecule has 0 spiro atoms. The van der Waals surface area contributed by atoms with Gasteiger partial charge >= 0.3 is 5.97 Å². The number of carbonyl (C=O) groups excluding carboxylic acids is 1. The molecular weight excluding hydrogens is 383 g/mol. The SMILES string of the molecule is Cl.O=C(CN1CCC(C(=O)O)C1)Nc1ccc(Br)cc1Cl. The van der Waals surface area contributed by atoms with Gasteiger partial charge in [-0.05, 0) is 31.2 Å². The molecule has 116 valence electrons. The predicted molar refractivity (Wildman–Crippen MR) is 87.2 cm³/mol. The monoisotopic (exact) mass is 396 g/mol. The van der Waals surface area contributed by atoms with Gasteiger partial charge in [-0.25, -0.2) is 0 Å². The van der Waals surface area contributed by atoms with E-state index >= 15 is 0 Å². The van der Waals surface area contributed by atoms with Crippen LogP contribution in [0.25, 0.3) is 0 Å². The van der Waals surface area contributed by atoms with E-state index in [1.54, 1.807) is 18.2 Å². The van der Waals surface area contributed by atoms with E-state index < -0.39 is 5.97 Å². The summed E-state index contributed by atoms with van der Waals surface area (Å²) in [6.07, 6.45) is 0.585. The lowest BCUT2D eigenvalue weighted by Crippen LogP contribution is -2.32. The van der Waals surface area contributed by atoms with Crippen molar-refractivity contribution in [2.24, 2.45) is 5.92 Å². The van der Waals surface area contributed by atoms with Crippen LogP contribution in [0.1, 0.15) is 6.42 Å². The van der Waals surface area contributed by atoms with Gasteiger partial charge in [0.2, 0.25) is 5.91 Å². The first-order valence-electron chi connectivity index (χ1n) is 6.16. The number of carbonyl (C=O) groups is 2. The van der Waals surface area contributed by atoms with Crippen LogP contribution >= 0.6 is 39.9 Å². The normalized spacial score (nSPS) is 18.1. The number of nitrogens with one attached hydrogen (secondary N) is 1. The third-order valence-corrected chi connectivity index (χ3v) is 4.00. The summed E-state index contributed by atoms with van der Waals surface area (Å²) in [4.78, 5) is 24.6. The van der Waals surface area contributed by atoms with Crippen LogP contribution < -0.4 is 5.32 Å². The Morgan fingerprint density at radius 1 is 1.48 bits per heavy atom. The van der Waals surface area contributed by atoms with Crippen LogP contribution in [0, 0.1) is 5.92 Å². The van der Waals surface area contributed by atoms with E-state index in [-0.39, 0.29) is 30.8 Å². The number of nitrogens with zero attached hydrogens (tertiary/aromatic N) is 1. The molecule has 1 aliphatic rings.